The van der Waals surface area contributed by atoms with E-state index in [-0.39, 0.29) is 17.2 Å². The normalized spacial score (nSPS) is 11.6. The second-order valence-corrected chi connectivity index (χ2v) is 6.01. The Bertz CT molecular complexity index is 1200. The van der Waals surface area contributed by atoms with Crippen LogP contribution in [0.5, 0.6) is 0 Å². The van der Waals surface area contributed by atoms with Gasteiger partial charge in [0.25, 0.3) is 5.56 Å². The lowest BCUT2D eigenvalue weighted by molar-refractivity contribution is -0.141. The highest BCUT2D eigenvalue weighted by Gasteiger charge is 2.41. The van der Waals surface area contributed by atoms with E-state index in [4.69, 9.17) is 16.3 Å². The number of nitrogens with zero attached hydrogens (tertiary/aromatic N) is 1. The Kier molecular flexibility index (Phi) is 4.99. The van der Waals surface area contributed by atoms with Gasteiger partial charge in [-0.2, -0.15) is 13.2 Å². The number of hydrogen-bond acceptors (Lipinski definition) is 5. The molecule has 0 radical (unpaired) electrons. The maximum Gasteiger partial charge on any atom is 0.434 e. The van der Waals surface area contributed by atoms with E-state index < -0.39 is 51.2 Å². The Hall–Kier alpha value is -3.14. The van der Waals surface area contributed by atoms with Gasteiger partial charge in [-0.25, -0.2) is 14.6 Å². The van der Waals surface area contributed by atoms with Gasteiger partial charge in [0.05, 0.1) is 17.6 Å². The summed E-state index contributed by atoms with van der Waals surface area (Å²) in [6.45, 7) is 1.22. The van der Waals surface area contributed by atoms with Crippen molar-refractivity contribution in [3.05, 3.63) is 61.4 Å². The fraction of sp³-hybridized carbons (Fsp3) is 0.176. The third-order valence-electron chi connectivity index (χ3n) is 3.74. The number of rotatable bonds is 3. The number of halogens is 4. The monoisotopic (exact) mass is 413 g/mol. The van der Waals surface area contributed by atoms with Crippen molar-refractivity contribution in [1.29, 1.82) is 0 Å². The van der Waals surface area contributed by atoms with Crippen LogP contribution in [0.1, 0.15) is 23.0 Å². The van der Waals surface area contributed by atoms with Crippen LogP contribution in [0.3, 0.4) is 0 Å². The van der Waals surface area contributed by atoms with Crippen LogP contribution in [0.15, 0.2) is 33.9 Å². The smallest absolute Gasteiger partial charge is 0.434 e. The van der Waals surface area contributed by atoms with Crippen LogP contribution in [0.4, 0.5) is 13.2 Å². The summed E-state index contributed by atoms with van der Waals surface area (Å²) in [5, 5.41) is -0.246. The van der Waals surface area contributed by atoms with Crippen molar-refractivity contribution in [2.45, 2.75) is 13.1 Å². The molecule has 2 aromatic heterocycles. The maximum absolute atomic E-state index is 13.7. The Labute approximate surface area is 159 Å². The van der Waals surface area contributed by atoms with Gasteiger partial charge in [-0.1, -0.05) is 23.7 Å². The zero-order valence-electron chi connectivity index (χ0n) is 14.1. The number of aromatic amines is 2. The predicted molar refractivity (Wildman–Crippen MR) is 94.4 cm³/mol. The maximum atomic E-state index is 13.7. The molecule has 0 saturated carbocycles. The number of pyridine rings is 1. The molecule has 0 spiro atoms. The number of carbonyl (C=O) groups excluding carboxylic acids is 1. The molecule has 2 N–H and O–H groups in total. The first-order chi connectivity index (χ1) is 13.1. The van der Waals surface area contributed by atoms with Crippen LogP contribution in [0.2, 0.25) is 5.02 Å². The van der Waals surface area contributed by atoms with E-state index in [1.807, 2.05) is 4.98 Å². The zero-order valence-corrected chi connectivity index (χ0v) is 14.9. The fourth-order valence-electron chi connectivity index (χ4n) is 2.74. The van der Waals surface area contributed by atoms with Crippen molar-refractivity contribution in [3.63, 3.8) is 0 Å². The third kappa shape index (κ3) is 3.50. The summed E-state index contributed by atoms with van der Waals surface area (Å²) in [6, 6.07) is 5.55. The van der Waals surface area contributed by atoms with Crippen molar-refractivity contribution in [1.82, 2.24) is 15.0 Å². The highest BCUT2D eigenvalue weighted by molar-refractivity contribution is 6.31. The lowest BCUT2D eigenvalue weighted by atomic mass is 9.95. The molecule has 1 aromatic carbocycles. The van der Waals surface area contributed by atoms with Gasteiger partial charge in [-0.15, -0.1) is 0 Å². The van der Waals surface area contributed by atoms with Crippen molar-refractivity contribution in [2.75, 3.05) is 6.61 Å². The summed E-state index contributed by atoms with van der Waals surface area (Å²) in [6.07, 6.45) is -5.07. The molecule has 0 unspecified atom stereocenters. The Morgan fingerprint density at radius 2 is 1.96 bits per heavy atom. The van der Waals surface area contributed by atoms with Crippen LogP contribution in [-0.2, 0) is 10.9 Å². The number of alkyl halides is 3. The minimum absolute atomic E-state index is 0.0472. The number of ether oxygens (including phenoxy) is 1. The van der Waals surface area contributed by atoms with Crippen molar-refractivity contribution < 1.29 is 22.7 Å². The van der Waals surface area contributed by atoms with Gasteiger partial charge in [0.15, 0.2) is 5.69 Å². The largest absolute Gasteiger partial charge is 0.462 e. The zero-order chi connectivity index (χ0) is 20.6. The third-order valence-corrected chi connectivity index (χ3v) is 3.98. The average molecular weight is 414 g/mol. The van der Waals surface area contributed by atoms with E-state index in [9.17, 15) is 27.6 Å². The van der Waals surface area contributed by atoms with Crippen molar-refractivity contribution >= 4 is 28.6 Å². The highest BCUT2D eigenvalue weighted by Crippen LogP contribution is 2.39. The average Bonchev–Trinajstić information content (AvgIpc) is 2.59. The van der Waals surface area contributed by atoms with Gasteiger partial charge in [0, 0.05) is 10.6 Å². The molecular formula is C17H11ClF3N3O4. The molecule has 11 heteroatoms. The molecule has 0 saturated heterocycles. The number of carbonyl (C=O) groups is 1. The fourth-order valence-corrected chi connectivity index (χ4v) is 2.93. The SMILES string of the molecule is CCOC(=O)c1c(C(F)(F)F)nc2[nH]c(=O)[nH]c(=O)c2c1-c1cccc(Cl)c1. The summed E-state index contributed by atoms with van der Waals surface area (Å²) >= 11 is 5.94. The number of esters is 1. The lowest BCUT2D eigenvalue weighted by Gasteiger charge is -2.17. The predicted octanol–water partition coefficient (Wildman–Crippen LogP) is 3.13. The first kappa shape index (κ1) is 19.6. The summed E-state index contributed by atoms with van der Waals surface area (Å²) in [4.78, 5) is 43.7. The molecule has 2 heterocycles. The minimum atomic E-state index is -5.07. The van der Waals surface area contributed by atoms with Crippen LogP contribution in [-0.4, -0.2) is 27.5 Å². The molecular weight excluding hydrogens is 403 g/mol. The Morgan fingerprint density at radius 3 is 2.57 bits per heavy atom. The summed E-state index contributed by atoms with van der Waals surface area (Å²) in [5.41, 5.74) is -5.55. The number of aromatic nitrogens is 3. The number of nitrogens with one attached hydrogen (secondary N) is 2. The number of hydrogen-bond donors (Lipinski definition) is 2. The topological polar surface area (TPSA) is 105 Å². The molecule has 146 valence electrons. The second kappa shape index (κ2) is 7.12. The molecule has 0 bridgehead atoms. The molecule has 7 nitrogen and oxygen atoms in total. The molecule has 0 aliphatic carbocycles. The van der Waals surface area contributed by atoms with Gasteiger partial charge < -0.3 is 4.74 Å². The van der Waals surface area contributed by atoms with E-state index in [1.165, 1.54) is 31.2 Å². The molecule has 28 heavy (non-hydrogen) atoms. The van der Waals surface area contributed by atoms with E-state index in [1.54, 1.807) is 0 Å². The van der Waals surface area contributed by atoms with Gasteiger partial charge in [-0.05, 0) is 24.6 Å². The Morgan fingerprint density at radius 1 is 1.25 bits per heavy atom. The van der Waals surface area contributed by atoms with Gasteiger partial charge >= 0.3 is 17.8 Å². The van der Waals surface area contributed by atoms with Crippen molar-refractivity contribution in [2.24, 2.45) is 0 Å². The van der Waals surface area contributed by atoms with Gasteiger partial charge in [-0.3, -0.25) is 14.8 Å². The van der Waals surface area contributed by atoms with Crippen LogP contribution < -0.4 is 11.2 Å². The number of benzene rings is 1. The summed E-state index contributed by atoms with van der Waals surface area (Å²) in [7, 11) is 0. The van der Waals surface area contributed by atoms with E-state index in [2.05, 4.69) is 9.97 Å². The first-order valence-electron chi connectivity index (χ1n) is 7.84. The summed E-state index contributed by atoms with van der Waals surface area (Å²) in [5.74, 6) is -1.31. The quantitative estimate of drug-likeness (QED) is 0.642. The molecule has 0 fully saturated rings. The molecule has 0 amide bonds. The minimum Gasteiger partial charge on any atom is -0.462 e. The molecule has 0 aliphatic heterocycles. The molecule has 0 aliphatic rings. The van der Waals surface area contributed by atoms with E-state index in [0.29, 0.717) is 0 Å². The van der Waals surface area contributed by atoms with Gasteiger partial charge in [0.2, 0.25) is 0 Å². The second-order valence-electron chi connectivity index (χ2n) is 5.57. The number of H-pyrrole nitrogens is 2. The van der Waals surface area contributed by atoms with Crippen LogP contribution >= 0.6 is 11.6 Å². The lowest BCUT2D eigenvalue weighted by Crippen LogP contribution is -2.26. The van der Waals surface area contributed by atoms with Crippen LogP contribution in [0, 0.1) is 0 Å². The molecule has 3 aromatic rings. The molecule has 3 rings (SSSR count). The number of fused-ring (bicyclic) bond motifs is 1. The van der Waals surface area contributed by atoms with E-state index >= 15 is 0 Å². The van der Waals surface area contributed by atoms with Gasteiger partial charge in [0.1, 0.15) is 5.65 Å². The summed E-state index contributed by atoms with van der Waals surface area (Å²) < 4.78 is 45.8. The highest BCUT2D eigenvalue weighted by atomic mass is 35.5. The standard InChI is InChI=1S/C17H11ClF3N3O4/c1-2-28-15(26)10-9(7-4-3-5-8(18)6-7)11-13(22-12(10)17(19,20)21)23-16(27)24-14(11)25/h3-6H,2H2,1H3,(H2,22,23,24,25,27). The van der Waals surface area contributed by atoms with E-state index in [0.717, 1.165) is 0 Å². The molecule has 0 atom stereocenters. The van der Waals surface area contributed by atoms with Crippen LogP contribution in [0.25, 0.3) is 22.2 Å². The first-order valence-corrected chi connectivity index (χ1v) is 8.21. The van der Waals surface area contributed by atoms with Crippen molar-refractivity contribution in [3.8, 4) is 11.1 Å². The Balaban J connectivity index is 2.61.